The Labute approximate surface area is 55.4 Å². The summed E-state index contributed by atoms with van der Waals surface area (Å²) in [7, 11) is 0. The molecular weight excluding hydrogens is 132 g/mol. The lowest BCUT2D eigenvalue weighted by atomic mass is 10.8. The van der Waals surface area contributed by atoms with E-state index in [9.17, 15) is 4.79 Å². The monoisotopic (exact) mass is 136 g/mol. The van der Waals surface area contributed by atoms with Gasteiger partial charge in [-0.1, -0.05) is 0 Å². The molecule has 0 aliphatic carbocycles. The molecule has 0 saturated carbocycles. The highest BCUT2D eigenvalue weighted by molar-refractivity contribution is 5.31. The predicted molar refractivity (Wildman–Crippen MR) is 33.6 cm³/mol. The molecule has 0 spiro atoms. The van der Waals surface area contributed by atoms with Gasteiger partial charge in [-0.25, -0.2) is 9.78 Å². The van der Waals surface area contributed by atoms with E-state index < -0.39 is 0 Å². The van der Waals surface area contributed by atoms with E-state index in [-0.39, 0.29) is 5.69 Å². The Morgan fingerprint density at radius 1 is 1.50 bits per heavy atom. The third-order valence-corrected chi connectivity index (χ3v) is 1.20. The maximum atomic E-state index is 10.6. The molecule has 5 nitrogen and oxygen atoms in total. The third kappa shape index (κ3) is 0.604. The number of nitrogens with one attached hydrogen (secondary N) is 1. The Morgan fingerprint density at radius 2 is 2.40 bits per heavy atom. The molecule has 2 aromatic rings. The molecule has 0 radical (unpaired) electrons. The zero-order valence-corrected chi connectivity index (χ0v) is 4.98. The number of nitrogens with zero attached hydrogens (tertiary/aromatic N) is 3. The van der Waals surface area contributed by atoms with E-state index in [1.807, 2.05) is 0 Å². The van der Waals surface area contributed by atoms with Gasteiger partial charge in [-0.05, 0) is 0 Å². The van der Waals surface area contributed by atoms with Crippen molar-refractivity contribution in [2.24, 2.45) is 0 Å². The van der Waals surface area contributed by atoms with Crippen LogP contribution in [-0.2, 0) is 0 Å². The highest BCUT2D eigenvalue weighted by atomic mass is 16.1. The minimum atomic E-state index is -0.354. The molecule has 0 saturated heterocycles. The smallest absolute Gasteiger partial charge is 0.290 e. The van der Waals surface area contributed by atoms with Crippen molar-refractivity contribution in [3.8, 4) is 0 Å². The van der Waals surface area contributed by atoms with Gasteiger partial charge in [0.1, 0.15) is 18.3 Å². The molecule has 2 rings (SSSR count). The topological polar surface area (TPSA) is 63.1 Å². The van der Waals surface area contributed by atoms with Gasteiger partial charge in [-0.3, -0.25) is 9.38 Å². The molecule has 10 heavy (non-hydrogen) atoms. The highest BCUT2D eigenvalue weighted by Gasteiger charge is 1.90. The molecule has 0 aliphatic rings. The second-order valence-corrected chi connectivity index (χ2v) is 1.86. The average molecular weight is 136 g/mol. The summed E-state index contributed by atoms with van der Waals surface area (Å²) in [6, 6.07) is 0. The minimum Gasteiger partial charge on any atom is -0.290 e. The summed E-state index contributed by atoms with van der Waals surface area (Å²) in [6.07, 6.45) is 4.54. The molecule has 0 aliphatic heterocycles. The molecule has 50 valence electrons. The molecule has 0 atom stereocenters. The first kappa shape index (κ1) is 5.16. The van der Waals surface area contributed by atoms with Crippen LogP contribution in [0, 0.1) is 0 Å². The fourth-order valence-corrected chi connectivity index (χ4v) is 0.750. The quantitative estimate of drug-likeness (QED) is 0.526. The zero-order chi connectivity index (χ0) is 6.97. The summed E-state index contributed by atoms with van der Waals surface area (Å²) in [5.74, 6) is 0. The van der Waals surface area contributed by atoms with E-state index in [0.717, 1.165) is 0 Å². The summed E-state index contributed by atoms with van der Waals surface area (Å²) in [5, 5.41) is 0. The van der Waals surface area contributed by atoms with E-state index in [4.69, 9.17) is 0 Å². The van der Waals surface area contributed by atoms with Gasteiger partial charge >= 0.3 is 5.69 Å². The second-order valence-electron chi connectivity index (χ2n) is 1.86. The first-order valence-corrected chi connectivity index (χ1v) is 2.73. The fourth-order valence-electron chi connectivity index (χ4n) is 0.750. The number of hydrogen-bond acceptors (Lipinski definition) is 3. The number of imidazole rings is 1. The predicted octanol–water partition coefficient (Wildman–Crippen LogP) is -0.582. The fraction of sp³-hybridized carbons (Fsp3) is 0. The molecule has 2 heterocycles. The molecule has 0 amide bonds. The molecule has 0 bridgehead atoms. The van der Waals surface area contributed by atoms with Crippen molar-refractivity contribution in [2.45, 2.75) is 0 Å². The van der Waals surface area contributed by atoms with Crippen molar-refractivity contribution in [1.29, 1.82) is 0 Å². The van der Waals surface area contributed by atoms with Crippen molar-refractivity contribution < 1.29 is 0 Å². The number of hydrogen-bond donors (Lipinski definition) is 1. The van der Waals surface area contributed by atoms with Gasteiger partial charge in [0.25, 0.3) is 0 Å². The van der Waals surface area contributed by atoms with Gasteiger partial charge in [-0.15, -0.1) is 0 Å². The zero-order valence-electron chi connectivity index (χ0n) is 4.98. The number of H-pyrrole nitrogens is 1. The van der Waals surface area contributed by atoms with Gasteiger partial charge < -0.3 is 0 Å². The summed E-state index contributed by atoms with van der Waals surface area (Å²) in [4.78, 5) is 20.4. The van der Waals surface area contributed by atoms with Crippen LogP contribution in [-0.4, -0.2) is 19.4 Å². The number of aromatic amines is 1. The van der Waals surface area contributed by atoms with Crippen LogP contribution in [0.1, 0.15) is 0 Å². The van der Waals surface area contributed by atoms with Crippen LogP contribution < -0.4 is 5.69 Å². The van der Waals surface area contributed by atoms with Gasteiger partial charge in [0.2, 0.25) is 0 Å². The van der Waals surface area contributed by atoms with Gasteiger partial charge in [-0.2, -0.15) is 4.98 Å². The largest absolute Gasteiger partial charge is 0.347 e. The van der Waals surface area contributed by atoms with Crippen LogP contribution in [0.3, 0.4) is 0 Å². The summed E-state index contributed by atoms with van der Waals surface area (Å²) in [5.41, 5.74) is 0.299. The van der Waals surface area contributed by atoms with Gasteiger partial charge in [0.15, 0.2) is 0 Å². The molecule has 2 aromatic heterocycles. The van der Waals surface area contributed by atoms with Gasteiger partial charge in [0, 0.05) is 0 Å². The average Bonchev–Trinajstić information content (AvgIpc) is 2.33. The standard InChI is InChI=1S/C5H4N4O/c10-5-7-3-9-2-6-1-4(9)8-5/h1-3H,(H,8,10). The molecule has 1 N–H and O–H groups in total. The van der Waals surface area contributed by atoms with E-state index in [2.05, 4.69) is 15.0 Å². The van der Waals surface area contributed by atoms with Crippen molar-refractivity contribution in [2.75, 3.05) is 0 Å². The molecule has 0 unspecified atom stereocenters. The number of aromatic nitrogens is 4. The van der Waals surface area contributed by atoms with Crippen molar-refractivity contribution in [3.05, 3.63) is 29.3 Å². The van der Waals surface area contributed by atoms with E-state index in [1.165, 1.54) is 6.33 Å². The molecule has 0 fully saturated rings. The lowest BCUT2D eigenvalue weighted by Crippen LogP contribution is -2.10. The minimum absolute atomic E-state index is 0.354. The van der Waals surface area contributed by atoms with Crippen LogP contribution in [0.5, 0.6) is 0 Å². The van der Waals surface area contributed by atoms with Gasteiger partial charge in [0.05, 0.1) is 6.20 Å². The Balaban J connectivity index is 2.99. The van der Waals surface area contributed by atoms with Crippen LogP contribution in [0.25, 0.3) is 5.65 Å². The maximum Gasteiger partial charge on any atom is 0.347 e. The maximum absolute atomic E-state index is 10.6. The molecule has 0 aromatic carbocycles. The SMILES string of the molecule is O=c1ncn2cncc2[nH]1. The van der Waals surface area contributed by atoms with Crippen LogP contribution in [0.2, 0.25) is 0 Å². The Hall–Kier alpha value is -1.65. The van der Waals surface area contributed by atoms with Crippen molar-refractivity contribution >= 4 is 5.65 Å². The number of fused-ring (bicyclic) bond motifs is 1. The summed E-state index contributed by atoms with van der Waals surface area (Å²) < 4.78 is 1.63. The van der Waals surface area contributed by atoms with Crippen LogP contribution >= 0.6 is 0 Å². The van der Waals surface area contributed by atoms with Crippen molar-refractivity contribution in [3.63, 3.8) is 0 Å². The lowest BCUT2D eigenvalue weighted by molar-refractivity contribution is 0.971. The van der Waals surface area contributed by atoms with Crippen molar-refractivity contribution in [1.82, 2.24) is 19.4 Å². The third-order valence-electron chi connectivity index (χ3n) is 1.20. The Bertz CT molecular complexity index is 401. The van der Waals surface area contributed by atoms with Crippen LogP contribution in [0.4, 0.5) is 0 Å². The van der Waals surface area contributed by atoms with Crippen LogP contribution in [0.15, 0.2) is 23.6 Å². The lowest BCUT2D eigenvalue weighted by Gasteiger charge is -1.86. The second kappa shape index (κ2) is 1.66. The van der Waals surface area contributed by atoms with E-state index in [0.29, 0.717) is 5.65 Å². The Morgan fingerprint density at radius 3 is 3.30 bits per heavy atom. The molecule has 5 heteroatoms. The van der Waals surface area contributed by atoms with E-state index in [1.54, 1.807) is 16.9 Å². The first-order valence-electron chi connectivity index (χ1n) is 2.73. The highest BCUT2D eigenvalue weighted by Crippen LogP contribution is 1.89. The van der Waals surface area contributed by atoms with E-state index >= 15 is 0 Å². The molecular formula is C5H4N4O. The Kier molecular flexibility index (Phi) is 0.858. The number of rotatable bonds is 0. The normalized spacial score (nSPS) is 10.4. The first-order chi connectivity index (χ1) is 4.86. The summed E-state index contributed by atoms with van der Waals surface area (Å²) >= 11 is 0. The summed E-state index contributed by atoms with van der Waals surface area (Å²) in [6.45, 7) is 0.